The van der Waals surface area contributed by atoms with Gasteiger partial charge in [-0.15, -0.1) is 0 Å². The lowest BCUT2D eigenvalue weighted by molar-refractivity contribution is -0.145. The number of ether oxygens (including phenoxy) is 1. The molecule has 0 aliphatic carbocycles. The summed E-state index contributed by atoms with van der Waals surface area (Å²) in [4.78, 5) is 12.8. The summed E-state index contributed by atoms with van der Waals surface area (Å²) >= 11 is 3.31. The van der Waals surface area contributed by atoms with Crippen molar-refractivity contribution in [2.24, 2.45) is 0 Å². The molecule has 5 nitrogen and oxygen atoms in total. The monoisotopic (exact) mass is 423 g/mol. The molecule has 0 unspecified atom stereocenters. The molecule has 0 spiro atoms. The minimum Gasteiger partial charge on any atom is -0.460 e. The van der Waals surface area contributed by atoms with E-state index in [2.05, 4.69) is 20.7 Å². The summed E-state index contributed by atoms with van der Waals surface area (Å²) < 4.78 is 33.8. The van der Waals surface area contributed by atoms with E-state index in [1.165, 1.54) is 12.1 Å². The molecule has 1 fully saturated rings. The normalized spacial score (nSPS) is 23.4. The van der Waals surface area contributed by atoms with Crippen LogP contribution >= 0.6 is 15.9 Å². The maximum absolute atomic E-state index is 12.9. The van der Waals surface area contributed by atoms with Gasteiger partial charge in [0.25, 0.3) is 0 Å². The molecule has 0 saturated carbocycles. The van der Waals surface area contributed by atoms with Crippen LogP contribution in [0.3, 0.4) is 0 Å². The number of halogens is 1. The van der Waals surface area contributed by atoms with E-state index in [-0.39, 0.29) is 11.3 Å². The lowest BCUT2D eigenvalue weighted by Gasteiger charge is -2.26. The standard InChI is InChI=1S/C18H18BrNO4S/c1-13-7-9-16(10-8-13)25(22,23)20-18(14-5-3-2-4-6-14)11-15(12-19)24-17(18)21/h2-10,15,20H,11-12H2,1H3/t15-,18+/m1/s1. The van der Waals surface area contributed by atoms with Crippen molar-refractivity contribution in [3.8, 4) is 0 Å². The molecular weight excluding hydrogens is 406 g/mol. The second-order valence-corrected chi connectivity index (χ2v) is 8.41. The van der Waals surface area contributed by atoms with E-state index in [1.54, 1.807) is 36.4 Å². The number of sulfonamides is 1. The first-order chi connectivity index (χ1) is 11.9. The molecule has 1 aliphatic rings. The highest BCUT2D eigenvalue weighted by atomic mass is 79.9. The Morgan fingerprint density at radius 1 is 1.16 bits per heavy atom. The van der Waals surface area contributed by atoms with Gasteiger partial charge in [-0.2, -0.15) is 4.72 Å². The quantitative estimate of drug-likeness (QED) is 0.592. The van der Waals surface area contributed by atoms with E-state index in [0.29, 0.717) is 10.9 Å². The highest BCUT2D eigenvalue weighted by Gasteiger charge is 2.52. The molecule has 3 rings (SSSR count). The maximum atomic E-state index is 12.9. The van der Waals surface area contributed by atoms with Crippen LogP contribution in [0.4, 0.5) is 0 Å². The Bertz CT molecular complexity index is 868. The van der Waals surface area contributed by atoms with Crippen molar-refractivity contribution >= 4 is 31.9 Å². The van der Waals surface area contributed by atoms with E-state index in [1.807, 2.05) is 13.0 Å². The SMILES string of the molecule is Cc1ccc(S(=O)(=O)N[C@]2(c3ccccc3)C[C@H](CBr)OC2=O)cc1. The molecule has 1 heterocycles. The van der Waals surface area contributed by atoms with Gasteiger partial charge in [0.2, 0.25) is 10.0 Å². The summed E-state index contributed by atoms with van der Waals surface area (Å²) in [5, 5.41) is 0.444. The number of cyclic esters (lactones) is 1. The predicted octanol–water partition coefficient (Wildman–Crippen LogP) is 2.88. The fraction of sp³-hybridized carbons (Fsp3) is 0.278. The van der Waals surface area contributed by atoms with E-state index < -0.39 is 27.6 Å². The van der Waals surface area contributed by atoms with Crippen molar-refractivity contribution in [3.05, 3.63) is 65.7 Å². The van der Waals surface area contributed by atoms with Gasteiger partial charge in [-0.3, -0.25) is 0 Å². The fourth-order valence-electron chi connectivity index (χ4n) is 2.91. The first-order valence-electron chi connectivity index (χ1n) is 7.80. The van der Waals surface area contributed by atoms with Crippen LogP contribution in [0.1, 0.15) is 17.5 Å². The zero-order chi connectivity index (χ0) is 18.1. The second-order valence-electron chi connectivity index (χ2n) is 6.08. The van der Waals surface area contributed by atoms with E-state index in [9.17, 15) is 13.2 Å². The Hall–Kier alpha value is -1.70. The molecule has 2 aromatic carbocycles. The van der Waals surface area contributed by atoms with Crippen molar-refractivity contribution in [1.82, 2.24) is 4.72 Å². The molecule has 2 atom stereocenters. The molecule has 2 aromatic rings. The van der Waals surface area contributed by atoms with Gasteiger partial charge in [0.1, 0.15) is 6.10 Å². The number of carbonyl (C=O) groups excluding carboxylic acids is 1. The molecule has 25 heavy (non-hydrogen) atoms. The maximum Gasteiger partial charge on any atom is 0.332 e. The third kappa shape index (κ3) is 3.49. The van der Waals surface area contributed by atoms with Gasteiger partial charge in [-0.1, -0.05) is 64.0 Å². The Morgan fingerprint density at radius 2 is 1.80 bits per heavy atom. The number of nitrogens with one attached hydrogen (secondary N) is 1. The average Bonchev–Trinajstić information content (AvgIpc) is 2.92. The number of rotatable bonds is 5. The van der Waals surface area contributed by atoms with E-state index in [0.717, 1.165) is 5.56 Å². The smallest absolute Gasteiger partial charge is 0.332 e. The van der Waals surface area contributed by atoms with Crippen LogP contribution in [-0.4, -0.2) is 25.8 Å². The summed E-state index contributed by atoms with van der Waals surface area (Å²) in [6, 6.07) is 15.3. The van der Waals surface area contributed by atoms with Crippen LogP contribution in [-0.2, 0) is 25.1 Å². The van der Waals surface area contributed by atoms with Crippen LogP contribution < -0.4 is 4.72 Å². The van der Waals surface area contributed by atoms with Gasteiger partial charge in [0.15, 0.2) is 5.54 Å². The molecular formula is C18H18BrNO4S. The van der Waals surface area contributed by atoms with Gasteiger partial charge in [0, 0.05) is 11.8 Å². The first kappa shape index (κ1) is 18.1. The number of hydrogen-bond donors (Lipinski definition) is 1. The van der Waals surface area contributed by atoms with Crippen LogP contribution in [0.25, 0.3) is 0 Å². The molecule has 0 aromatic heterocycles. The largest absolute Gasteiger partial charge is 0.460 e. The second kappa shape index (κ2) is 6.90. The average molecular weight is 424 g/mol. The molecule has 132 valence electrons. The van der Waals surface area contributed by atoms with Gasteiger partial charge in [-0.05, 0) is 24.6 Å². The summed E-state index contributed by atoms with van der Waals surface area (Å²) in [5.74, 6) is -0.584. The Kier molecular flexibility index (Phi) is 4.99. The Labute approximate surface area is 155 Å². The Balaban J connectivity index is 2.05. The molecule has 1 N–H and O–H groups in total. The van der Waals surface area contributed by atoms with E-state index in [4.69, 9.17) is 4.74 Å². The van der Waals surface area contributed by atoms with Crippen LogP contribution in [0, 0.1) is 6.92 Å². The van der Waals surface area contributed by atoms with Crippen LogP contribution in [0.5, 0.6) is 0 Å². The lowest BCUT2D eigenvalue weighted by atomic mass is 9.88. The van der Waals surface area contributed by atoms with Crippen molar-refractivity contribution in [3.63, 3.8) is 0 Å². The van der Waals surface area contributed by atoms with Crippen LogP contribution in [0.15, 0.2) is 59.5 Å². The summed E-state index contributed by atoms with van der Waals surface area (Å²) in [5.41, 5.74) is 0.0964. The summed E-state index contributed by atoms with van der Waals surface area (Å²) in [7, 11) is -3.90. The van der Waals surface area contributed by atoms with Crippen molar-refractivity contribution in [1.29, 1.82) is 0 Å². The predicted molar refractivity (Wildman–Crippen MR) is 97.9 cm³/mol. The Morgan fingerprint density at radius 3 is 2.36 bits per heavy atom. The third-order valence-corrected chi connectivity index (χ3v) is 6.47. The number of benzene rings is 2. The van der Waals surface area contributed by atoms with Gasteiger partial charge in [0.05, 0.1) is 4.90 Å². The highest BCUT2D eigenvalue weighted by Crippen LogP contribution is 2.37. The van der Waals surface area contributed by atoms with E-state index >= 15 is 0 Å². The van der Waals surface area contributed by atoms with Crippen LogP contribution in [0.2, 0.25) is 0 Å². The molecule has 0 radical (unpaired) electrons. The highest BCUT2D eigenvalue weighted by molar-refractivity contribution is 9.09. The zero-order valence-electron chi connectivity index (χ0n) is 13.6. The molecule has 1 aliphatic heterocycles. The molecule has 1 saturated heterocycles. The zero-order valence-corrected chi connectivity index (χ0v) is 16.0. The number of hydrogen-bond acceptors (Lipinski definition) is 4. The number of esters is 1. The minimum absolute atomic E-state index is 0.114. The van der Waals surface area contributed by atoms with Crippen molar-refractivity contribution in [2.75, 3.05) is 5.33 Å². The summed E-state index contributed by atoms with van der Waals surface area (Å²) in [6.45, 7) is 1.88. The first-order valence-corrected chi connectivity index (χ1v) is 10.4. The topological polar surface area (TPSA) is 72.5 Å². The van der Waals surface area contributed by atoms with Crippen molar-refractivity contribution < 1.29 is 17.9 Å². The third-order valence-electron chi connectivity index (χ3n) is 4.23. The van der Waals surface area contributed by atoms with Gasteiger partial charge < -0.3 is 4.74 Å². The molecule has 0 amide bonds. The van der Waals surface area contributed by atoms with Crippen molar-refractivity contribution in [2.45, 2.75) is 29.9 Å². The minimum atomic E-state index is -3.90. The van der Waals surface area contributed by atoms with Gasteiger partial charge >= 0.3 is 5.97 Å². The fourth-order valence-corrected chi connectivity index (χ4v) is 4.63. The number of carbonyl (C=O) groups is 1. The number of aryl methyl sites for hydroxylation is 1. The number of alkyl halides is 1. The summed E-state index contributed by atoms with van der Waals surface area (Å²) in [6.07, 6.45) is -0.167. The molecule has 7 heteroatoms. The molecule has 0 bridgehead atoms. The van der Waals surface area contributed by atoms with Gasteiger partial charge in [-0.25, -0.2) is 13.2 Å². The lowest BCUT2D eigenvalue weighted by Crippen LogP contribution is -2.49.